The second kappa shape index (κ2) is 4.87. The summed E-state index contributed by atoms with van der Waals surface area (Å²) in [5.41, 5.74) is 4.04. The fraction of sp³-hybridized carbons (Fsp3) is 0.417. The third-order valence-electron chi connectivity index (χ3n) is 3.06. The topological polar surface area (TPSA) is 43.1 Å². The average Bonchev–Trinajstić information content (AvgIpc) is 2.34. The molecule has 0 spiro atoms. The summed E-state index contributed by atoms with van der Waals surface area (Å²) in [5.74, 6) is -5.02. The largest absolute Gasteiger partial charge is 0.329 e. The highest BCUT2D eigenvalue weighted by Crippen LogP contribution is 2.27. The minimum absolute atomic E-state index is 0.0147. The lowest BCUT2D eigenvalue weighted by molar-refractivity contribution is 0.0814. The zero-order valence-electron chi connectivity index (χ0n) is 9.69. The Hall–Kier alpha value is -1.36. The average molecular weight is 245 g/mol. The van der Waals surface area contributed by atoms with Crippen molar-refractivity contribution in [1.82, 2.24) is 0 Å². The van der Waals surface area contributed by atoms with Gasteiger partial charge in [0.15, 0.2) is 23.2 Å². The summed E-state index contributed by atoms with van der Waals surface area (Å²) in [5, 5.41) is 0. The summed E-state index contributed by atoms with van der Waals surface area (Å²) in [6.07, 6.45) is 0.390. The number of hydrogen-bond acceptors (Lipinski definition) is 2. The third-order valence-corrected chi connectivity index (χ3v) is 3.06. The van der Waals surface area contributed by atoms with Gasteiger partial charge in [-0.3, -0.25) is 4.79 Å². The van der Waals surface area contributed by atoms with Crippen molar-refractivity contribution in [2.24, 2.45) is 11.1 Å². The fourth-order valence-corrected chi connectivity index (χ4v) is 1.42. The Morgan fingerprint density at radius 2 is 1.88 bits per heavy atom. The SMILES string of the molecule is CCC(C)(CN)C(=O)c1ccc(F)c(F)c1F. The van der Waals surface area contributed by atoms with Crippen molar-refractivity contribution in [1.29, 1.82) is 0 Å². The van der Waals surface area contributed by atoms with E-state index in [1.165, 1.54) is 0 Å². The number of ketones is 1. The lowest BCUT2D eigenvalue weighted by atomic mass is 9.80. The van der Waals surface area contributed by atoms with E-state index in [0.29, 0.717) is 6.42 Å². The van der Waals surface area contributed by atoms with E-state index >= 15 is 0 Å². The van der Waals surface area contributed by atoms with E-state index < -0.39 is 34.2 Å². The van der Waals surface area contributed by atoms with Crippen molar-refractivity contribution in [3.63, 3.8) is 0 Å². The standard InChI is InChI=1S/C12H14F3NO/c1-3-12(2,6-16)11(17)7-4-5-8(13)10(15)9(7)14/h4-5H,3,6,16H2,1-2H3. The second-order valence-electron chi connectivity index (χ2n) is 4.17. The van der Waals surface area contributed by atoms with E-state index in [1.54, 1.807) is 13.8 Å². The van der Waals surface area contributed by atoms with Gasteiger partial charge in [0, 0.05) is 12.0 Å². The molecule has 0 aromatic heterocycles. The zero-order valence-corrected chi connectivity index (χ0v) is 9.69. The summed E-state index contributed by atoms with van der Waals surface area (Å²) in [7, 11) is 0. The van der Waals surface area contributed by atoms with Gasteiger partial charge in [0.05, 0.1) is 5.56 Å². The summed E-state index contributed by atoms with van der Waals surface area (Å²) in [6, 6.07) is 1.68. The summed E-state index contributed by atoms with van der Waals surface area (Å²) in [6.45, 7) is 3.30. The molecule has 0 saturated heterocycles. The van der Waals surface area contributed by atoms with Gasteiger partial charge in [-0.1, -0.05) is 13.8 Å². The maximum Gasteiger partial charge on any atom is 0.195 e. The summed E-state index contributed by atoms with van der Waals surface area (Å²) < 4.78 is 39.2. The predicted molar refractivity (Wildman–Crippen MR) is 58.1 cm³/mol. The van der Waals surface area contributed by atoms with Crippen molar-refractivity contribution in [3.05, 3.63) is 35.1 Å². The molecule has 2 nitrogen and oxygen atoms in total. The van der Waals surface area contributed by atoms with Gasteiger partial charge in [0.1, 0.15) is 0 Å². The number of rotatable bonds is 4. The first-order chi connectivity index (χ1) is 7.87. The maximum atomic E-state index is 13.4. The van der Waals surface area contributed by atoms with Crippen LogP contribution < -0.4 is 5.73 Å². The molecule has 1 unspecified atom stereocenters. The molecular formula is C12H14F3NO. The Kier molecular flexibility index (Phi) is 3.93. The third kappa shape index (κ3) is 2.34. The van der Waals surface area contributed by atoms with E-state index in [-0.39, 0.29) is 6.54 Å². The molecule has 0 fully saturated rings. The van der Waals surface area contributed by atoms with Gasteiger partial charge in [0.25, 0.3) is 0 Å². The quantitative estimate of drug-likeness (QED) is 0.654. The van der Waals surface area contributed by atoms with Gasteiger partial charge in [-0.25, -0.2) is 13.2 Å². The summed E-state index contributed by atoms with van der Waals surface area (Å²) >= 11 is 0. The van der Waals surface area contributed by atoms with Gasteiger partial charge in [-0.05, 0) is 18.6 Å². The monoisotopic (exact) mass is 245 g/mol. The second-order valence-corrected chi connectivity index (χ2v) is 4.17. The molecule has 0 aliphatic heterocycles. The van der Waals surface area contributed by atoms with Crippen LogP contribution in [-0.4, -0.2) is 12.3 Å². The molecule has 2 N–H and O–H groups in total. The maximum absolute atomic E-state index is 13.4. The Bertz CT molecular complexity index is 442. The Morgan fingerprint density at radius 1 is 1.29 bits per heavy atom. The van der Waals surface area contributed by atoms with Crippen LogP contribution in [0.4, 0.5) is 13.2 Å². The first-order valence-corrected chi connectivity index (χ1v) is 5.25. The highest BCUT2D eigenvalue weighted by atomic mass is 19.2. The van der Waals surface area contributed by atoms with Crippen LogP contribution in [-0.2, 0) is 0 Å². The highest BCUT2D eigenvalue weighted by molar-refractivity contribution is 6.00. The van der Waals surface area contributed by atoms with Gasteiger partial charge in [0.2, 0.25) is 0 Å². The van der Waals surface area contributed by atoms with Crippen molar-refractivity contribution in [2.75, 3.05) is 6.54 Å². The van der Waals surface area contributed by atoms with Crippen LogP contribution in [0.3, 0.4) is 0 Å². The Balaban J connectivity index is 3.27. The fourth-order valence-electron chi connectivity index (χ4n) is 1.42. The van der Waals surface area contributed by atoms with Crippen molar-refractivity contribution >= 4 is 5.78 Å². The molecule has 0 radical (unpaired) electrons. The van der Waals surface area contributed by atoms with Crippen LogP contribution in [0.2, 0.25) is 0 Å². The molecule has 0 aliphatic rings. The van der Waals surface area contributed by atoms with Crippen LogP contribution in [0.5, 0.6) is 0 Å². The van der Waals surface area contributed by atoms with Gasteiger partial charge < -0.3 is 5.73 Å². The normalized spacial score (nSPS) is 14.5. The van der Waals surface area contributed by atoms with Crippen LogP contribution in [0.25, 0.3) is 0 Å². The van der Waals surface area contributed by atoms with Crippen LogP contribution in [0.1, 0.15) is 30.6 Å². The van der Waals surface area contributed by atoms with Gasteiger partial charge >= 0.3 is 0 Å². The van der Waals surface area contributed by atoms with E-state index in [1.807, 2.05) is 0 Å². The molecule has 94 valence electrons. The lowest BCUT2D eigenvalue weighted by Crippen LogP contribution is -2.35. The Morgan fingerprint density at radius 3 is 2.35 bits per heavy atom. The smallest absolute Gasteiger partial charge is 0.195 e. The summed E-state index contributed by atoms with van der Waals surface area (Å²) in [4.78, 5) is 12.0. The van der Waals surface area contributed by atoms with Crippen molar-refractivity contribution < 1.29 is 18.0 Å². The minimum Gasteiger partial charge on any atom is -0.329 e. The predicted octanol–water partition coefficient (Wildman–Crippen LogP) is 2.66. The first-order valence-electron chi connectivity index (χ1n) is 5.25. The van der Waals surface area contributed by atoms with Crippen LogP contribution in [0, 0.1) is 22.9 Å². The molecule has 5 heteroatoms. The molecule has 1 rings (SSSR count). The molecule has 1 atom stereocenters. The van der Waals surface area contributed by atoms with Crippen molar-refractivity contribution in [3.8, 4) is 0 Å². The number of benzene rings is 1. The number of carbonyl (C=O) groups excluding carboxylic acids is 1. The molecule has 17 heavy (non-hydrogen) atoms. The van der Waals surface area contributed by atoms with E-state index in [2.05, 4.69) is 0 Å². The van der Waals surface area contributed by atoms with Crippen LogP contribution in [0.15, 0.2) is 12.1 Å². The van der Waals surface area contributed by atoms with E-state index in [9.17, 15) is 18.0 Å². The van der Waals surface area contributed by atoms with E-state index in [0.717, 1.165) is 12.1 Å². The molecule has 0 aliphatic carbocycles. The van der Waals surface area contributed by atoms with Crippen molar-refractivity contribution in [2.45, 2.75) is 20.3 Å². The molecule has 0 amide bonds. The number of nitrogens with two attached hydrogens (primary N) is 1. The Labute approximate surface area is 97.6 Å². The highest BCUT2D eigenvalue weighted by Gasteiger charge is 2.33. The van der Waals surface area contributed by atoms with E-state index in [4.69, 9.17) is 5.73 Å². The lowest BCUT2D eigenvalue weighted by Gasteiger charge is -2.24. The number of Topliss-reactive ketones (excluding diaryl/α,β-unsaturated/α-hetero) is 1. The molecule has 1 aromatic carbocycles. The zero-order chi connectivity index (χ0) is 13.2. The number of carbonyl (C=O) groups is 1. The van der Waals surface area contributed by atoms with Gasteiger partial charge in [-0.15, -0.1) is 0 Å². The van der Waals surface area contributed by atoms with Crippen LogP contribution >= 0.6 is 0 Å². The molecular weight excluding hydrogens is 231 g/mol. The molecule has 0 saturated carbocycles. The molecule has 0 bridgehead atoms. The molecule has 0 heterocycles. The number of hydrogen-bond donors (Lipinski definition) is 1. The van der Waals surface area contributed by atoms with Gasteiger partial charge in [-0.2, -0.15) is 0 Å². The number of halogens is 3. The first kappa shape index (κ1) is 13.7. The minimum atomic E-state index is -1.63. The molecule has 1 aromatic rings.